The quantitative estimate of drug-likeness (QED) is 0.875. The largest absolute Gasteiger partial charge is 0.486 e. The summed E-state index contributed by atoms with van der Waals surface area (Å²) in [5.74, 6) is 1.85. The number of benzene rings is 1. The van der Waals surface area contributed by atoms with Gasteiger partial charge in [0.15, 0.2) is 11.5 Å². The van der Waals surface area contributed by atoms with Gasteiger partial charge in [0.1, 0.15) is 13.2 Å². The first kappa shape index (κ1) is 12.8. The van der Waals surface area contributed by atoms with Crippen LogP contribution < -0.4 is 14.8 Å². The minimum absolute atomic E-state index is 0.655. The third-order valence-corrected chi connectivity index (χ3v) is 4.10. The maximum atomic E-state index is 5.73. The summed E-state index contributed by atoms with van der Waals surface area (Å²) >= 11 is 0. The highest BCUT2D eigenvalue weighted by molar-refractivity contribution is 5.54. The molecule has 2 heterocycles. The smallest absolute Gasteiger partial charge is 0.164 e. The monoisotopic (exact) mass is 262 g/mol. The number of nitrogens with zero attached hydrogens (tertiary/aromatic N) is 1. The van der Waals surface area contributed by atoms with Crippen molar-refractivity contribution < 1.29 is 9.47 Å². The molecule has 0 aliphatic carbocycles. The van der Waals surface area contributed by atoms with E-state index in [4.69, 9.17) is 9.47 Å². The van der Waals surface area contributed by atoms with Gasteiger partial charge in [-0.25, -0.2) is 0 Å². The molecule has 1 fully saturated rings. The number of piperazine rings is 1. The van der Waals surface area contributed by atoms with Gasteiger partial charge < -0.3 is 14.8 Å². The molecule has 2 aliphatic heterocycles. The van der Waals surface area contributed by atoms with Gasteiger partial charge in [-0.3, -0.25) is 4.90 Å². The van der Waals surface area contributed by atoms with E-state index < -0.39 is 0 Å². The van der Waals surface area contributed by atoms with Crippen molar-refractivity contribution >= 4 is 0 Å². The van der Waals surface area contributed by atoms with Gasteiger partial charge in [-0.2, -0.15) is 0 Å². The fourth-order valence-corrected chi connectivity index (χ4v) is 2.78. The molecule has 0 amide bonds. The standard InChI is InChI=1S/C15H22N2O2/c1-11-12(2)15-14(18-7-8-19-15)9-13(11)10-17-5-3-16-4-6-17/h9,16H,3-8,10H2,1-2H3. The van der Waals surface area contributed by atoms with Crippen LogP contribution in [-0.4, -0.2) is 44.3 Å². The summed E-state index contributed by atoms with van der Waals surface area (Å²) in [4.78, 5) is 2.49. The first-order valence-corrected chi connectivity index (χ1v) is 7.07. The van der Waals surface area contributed by atoms with Crippen molar-refractivity contribution in [2.45, 2.75) is 20.4 Å². The van der Waals surface area contributed by atoms with Crippen molar-refractivity contribution in [3.05, 3.63) is 22.8 Å². The highest BCUT2D eigenvalue weighted by Crippen LogP contribution is 2.37. The number of nitrogens with one attached hydrogen (secondary N) is 1. The summed E-state index contributed by atoms with van der Waals surface area (Å²) < 4.78 is 11.5. The molecule has 1 aromatic rings. The maximum Gasteiger partial charge on any atom is 0.164 e. The van der Waals surface area contributed by atoms with Gasteiger partial charge in [-0.1, -0.05) is 0 Å². The van der Waals surface area contributed by atoms with E-state index in [1.54, 1.807) is 0 Å². The van der Waals surface area contributed by atoms with Crippen LogP contribution in [0, 0.1) is 13.8 Å². The lowest BCUT2D eigenvalue weighted by molar-refractivity contribution is 0.169. The van der Waals surface area contributed by atoms with Gasteiger partial charge in [-0.15, -0.1) is 0 Å². The first-order chi connectivity index (χ1) is 9.25. The van der Waals surface area contributed by atoms with Crippen LogP contribution in [0.4, 0.5) is 0 Å². The Morgan fingerprint density at radius 1 is 1.11 bits per heavy atom. The Labute approximate surface area is 114 Å². The van der Waals surface area contributed by atoms with Crippen molar-refractivity contribution in [2.75, 3.05) is 39.4 Å². The average molecular weight is 262 g/mol. The van der Waals surface area contributed by atoms with E-state index in [9.17, 15) is 0 Å². The third kappa shape index (κ3) is 2.55. The van der Waals surface area contributed by atoms with E-state index in [1.165, 1.54) is 16.7 Å². The molecule has 104 valence electrons. The summed E-state index contributed by atoms with van der Waals surface area (Å²) in [5.41, 5.74) is 3.92. The van der Waals surface area contributed by atoms with Crippen LogP contribution >= 0.6 is 0 Å². The van der Waals surface area contributed by atoms with Gasteiger partial charge in [0.25, 0.3) is 0 Å². The lowest BCUT2D eigenvalue weighted by Gasteiger charge is -2.29. The number of hydrogen-bond donors (Lipinski definition) is 1. The Morgan fingerprint density at radius 3 is 2.63 bits per heavy atom. The van der Waals surface area contributed by atoms with Crippen LogP contribution in [0.3, 0.4) is 0 Å². The zero-order chi connectivity index (χ0) is 13.2. The molecule has 3 rings (SSSR count). The Morgan fingerprint density at radius 2 is 1.84 bits per heavy atom. The second-order valence-corrected chi connectivity index (χ2v) is 5.34. The van der Waals surface area contributed by atoms with E-state index in [-0.39, 0.29) is 0 Å². The molecular formula is C15H22N2O2. The molecule has 1 N–H and O–H groups in total. The Hall–Kier alpha value is -1.26. The molecule has 0 atom stereocenters. The van der Waals surface area contributed by atoms with E-state index in [0.717, 1.165) is 44.2 Å². The highest BCUT2D eigenvalue weighted by atomic mass is 16.6. The maximum absolute atomic E-state index is 5.73. The summed E-state index contributed by atoms with van der Waals surface area (Å²) in [6.07, 6.45) is 0. The van der Waals surface area contributed by atoms with Gasteiger partial charge >= 0.3 is 0 Å². The van der Waals surface area contributed by atoms with Crippen molar-refractivity contribution in [3.8, 4) is 11.5 Å². The number of ether oxygens (including phenoxy) is 2. The molecule has 0 radical (unpaired) electrons. The topological polar surface area (TPSA) is 33.7 Å². The van der Waals surface area contributed by atoms with Crippen LogP contribution in [0.2, 0.25) is 0 Å². The van der Waals surface area contributed by atoms with E-state index in [2.05, 4.69) is 30.1 Å². The molecule has 1 saturated heterocycles. The van der Waals surface area contributed by atoms with E-state index in [1.807, 2.05) is 0 Å². The predicted molar refractivity (Wildman–Crippen MR) is 75.1 cm³/mol. The lowest BCUT2D eigenvalue weighted by Crippen LogP contribution is -2.43. The molecule has 4 nitrogen and oxygen atoms in total. The third-order valence-electron chi connectivity index (χ3n) is 4.10. The first-order valence-electron chi connectivity index (χ1n) is 7.07. The summed E-state index contributed by atoms with van der Waals surface area (Å²) in [6, 6.07) is 2.17. The average Bonchev–Trinajstić information content (AvgIpc) is 2.46. The highest BCUT2D eigenvalue weighted by Gasteiger charge is 2.20. The minimum Gasteiger partial charge on any atom is -0.486 e. The van der Waals surface area contributed by atoms with Gasteiger partial charge in [-0.05, 0) is 36.6 Å². The zero-order valence-corrected chi connectivity index (χ0v) is 11.8. The zero-order valence-electron chi connectivity index (χ0n) is 11.8. The van der Waals surface area contributed by atoms with Gasteiger partial charge in [0.2, 0.25) is 0 Å². The van der Waals surface area contributed by atoms with Crippen LogP contribution in [0.5, 0.6) is 11.5 Å². The van der Waals surface area contributed by atoms with Crippen LogP contribution in [0.15, 0.2) is 6.07 Å². The molecule has 0 spiro atoms. The summed E-state index contributed by atoms with van der Waals surface area (Å²) in [7, 11) is 0. The molecule has 4 heteroatoms. The molecule has 0 unspecified atom stereocenters. The molecule has 1 aromatic carbocycles. The van der Waals surface area contributed by atoms with Crippen molar-refractivity contribution in [2.24, 2.45) is 0 Å². The Bertz CT molecular complexity index is 468. The summed E-state index contributed by atoms with van der Waals surface area (Å²) in [6.45, 7) is 11.0. The van der Waals surface area contributed by atoms with Gasteiger partial charge in [0, 0.05) is 32.7 Å². The second-order valence-electron chi connectivity index (χ2n) is 5.34. The van der Waals surface area contributed by atoms with Crippen LogP contribution in [0.1, 0.15) is 16.7 Å². The molecule has 0 bridgehead atoms. The van der Waals surface area contributed by atoms with Crippen molar-refractivity contribution in [1.29, 1.82) is 0 Å². The molecule has 0 aromatic heterocycles. The number of fused-ring (bicyclic) bond motifs is 1. The van der Waals surface area contributed by atoms with Crippen LogP contribution in [-0.2, 0) is 6.54 Å². The predicted octanol–water partition coefficient (Wildman–Crippen LogP) is 1.48. The minimum atomic E-state index is 0.655. The molecular weight excluding hydrogens is 240 g/mol. The fourth-order valence-electron chi connectivity index (χ4n) is 2.78. The van der Waals surface area contributed by atoms with Crippen molar-refractivity contribution in [3.63, 3.8) is 0 Å². The molecule has 2 aliphatic rings. The normalized spacial score (nSPS) is 19.5. The van der Waals surface area contributed by atoms with Crippen LogP contribution in [0.25, 0.3) is 0 Å². The SMILES string of the molecule is Cc1c(CN2CCNCC2)cc2c(c1C)OCCO2. The Kier molecular flexibility index (Phi) is 3.62. The van der Waals surface area contributed by atoms with Gasteiger partial charge in [0.05, 0.1) is 0 Å². The van der Waals surface area contributed by atoms with E-state index >= 15 is 0 Å². The summed E-state index contributed by atoms with van der Waals surface area (Å²) in [5, 5.41) is 3.39. The second kappa shape index (κ2) is 5.39. The number of hydrogen-bond acceptors (Lipinski definition) is 4. The van der Waals surface area contributed by atoms with Crippen molar-refractivity contribution in [1.82, 2.24) is 10.2 Å². The molecule has 19 heavy (non-hydrogen) atoms. The number of rotatable bonds is 2. The van der Waals surface area contributed by atoms with E-state index in [0.29, 0.717) is 13.2 Å². The lowest BCUT2D eigenvalue weighted by atomic mass is 10.0. The Balaban J connectivity index is 1.86. The molecule has 0 saturated carbocycles. The fraction of sp³-hybridized carbons (Fsp3) is 0.600.